The van der Waals surface area contributed by atoms with Gasteiger partial charge in [0.2, 0.25) is 6.29 Å². The zero-order valence-electron chi connectivity index (χ0n) is 25.5. The van der Waals surface area contributed by atoms with E-state index in [1.807, 2.05) is 20.8 Å². The van der Waals surface area contributed by atoms with Crippen LogP contribution in [0.25, 0.3) is 0 Å². The Bertz CT molecular complexity index is 921. The number of hydrogen-bond donors (Lipinski definition) is 1. The lowest BCUT2D eigenvalue weighted by molar-refractivity contribution is -0.0347. The molecule has 216 valence electrons. The van der Waals surface area contributed by atoms with Gasteiger partial charge >= 0.3 is 6.16 Å². The summed E-state index contributed by atoms with van der Waals surface area (Å²) >= 11 is 0. The summed E-state index contributed by atoms with van der Waals surface area (Å²) in [6.07, 6.45) is 12.2. The van der Waals surface area contributed by atoms with E-state index in [0.29, 0.717) is 5.75 Å². The average molecular weight is 531 g/mol. The van der Waals surface area contributed by atoms with Gasteiger partial charge in [0.25, 0.3) is 0 Å². The van der Waals surface area contributed by atoms with Gasteiger partial charge in [-0.2, -0.15) is 0 Å². The van der Waals surface area contributed by atoms with Crippen LogP contribution in [0.5, 0.6) is 11.5 Å². The summed E-state index contributed by atoms with van der Waals surface area (Å²) in [5.74, 6) is 3.84. The lowest BCUT2D eigenvalue weighted by Crippen LogP contribution is -2.37. The predicted molar refractivity (Wildman–Crippen MR) is 156 cm³/mol. The van der Waals surface area contributed by atoms with Crippen molar-refractivity contribution in [3.63, 3.8) is 0 Å². The third-order valence-corrected chi connectivity index (χ3v) is 8.44. The Labute approximate surface area is 232 Å². The second kappa shape index (κ2) is 15.0. The zero-order chi connectivity index (χ0) is 28.5. The molecule has 0 aliphatic carbocycles. The third-order valence-electron chi connectivity index (χ3n) is 8.44. The van der Waals surface area contributed by atoms with Crippen molar-refractivity contribution >= 4 is 6.16 Å². The highest BCUT2D eigenvalue weighted by molar-refractivity contribution is 5.68. The normalized spacial score (nSPS) is 19.3. The lowest BCUT2D eigenvalue weighted by atomic mass is 9.83. The first-order valence-electron chi connectivity index (χ1n) is 14.9. The van der Waals surface area contributed by atoms with Crippen LogP contribution in [-0.2, 0) is 11.2 Å². The number of hydrogen-bond acceptors (Lipinski definition) is 5. The van der Waals surface area contributed by atoms with Gasteiger partial charge in [0, 0.05) is 5.56 Å². The van der Waals surface area contributed by atoms with E-state index < -0.39 is 12.4 Å². The number of aliphatic hydroxyl groups excluding tert-OH is 1. The van der Waals surface area contributed by atoms with Crippen molar-refractivity contribution in [2.24, 2.45) is 17.8 Å². The first-order valence-corrected chi connectivity index (χ1v) is 14.9. The van der Waals surface area contributed by atoms with Gasteiger partial charge in [-0.05, 0) is 93.9 Å². The molecule has 0 spiro atoms. The fourth-order valence-corrected chi connectivity index (χ4v) is 5.67. The minimum atomic E-state index is -1.39. The van der Waals surface area contributed by atoms with Gasteiger partial charge in [0.05, 0.1) is 0 Å². The Balaban J connectivity index is 1.88. The molecule has 1 aromatic rings. The molecule has 4 unspecified atom stereocenters. The van der Waals surface area contributed by atoms with Gasteiger partial charge < -0.3 is 19.3 Å². The summed E-state index contributed by atoms with van der Waals surface area (Å²) in [7, 11) is 0. The molecule has 1 aliphatic heterocycles. The fraction of sp³-hybridized carbons (Fsp3) is 0.727. The lowest BCUT2D eigenvalue weighted by Gasteiger charge is -2.38. The first-order chi connectivity index (χ1) is 17.9. The number of rotatable bonds is 15. The maximum Gasteiger partial charge on any atom is 0.516 e. The number of aliphatic hydroxyl groups is 1. The molecule has 0 saturated heterocycles. The molecule has 0 fully saturated rings. The zero-order valence-corrected chi connectivity index (χ0v) is 25.5. The van der Waals surface area contributed by atoms with Crippen LogP contribution in [0, 0.1) is 38.5 Å². The van der Waals surface area contributed by atoms with Crippen LogP contribution in [0.3, 0.4) is 0 Å². The molecule has 1 aromatic carbocycles. The Hall–Kier alpha value is -2.01. The Morgan fingerprint density at radius 1 is 0.974 bits per heavy atom. The summed E-state index contributed by atoms with van der Waals surface area (Å²) in [5, 5.41) is 9.50. The van der Waals surface area contributed by atoms with E-state index in [1.54, 1.807) is 0 Å². The molecule has 5 heteroatoms. The van der Waals surface area contributed by atoms with E-state index in [2.05, 4.69) is 41.2 Å². The van der Waals surface area contributed by atoms with E-state index in [4.69, 9.17) is 14.2 Å². The molecule has 0 saturated carbocycles. The molecular formula is C33H54O5. The monoisotopic (exact) mass is 530 g/mol. The minimum absolute atomic E-state index is 0.184. The van der Waals surface area contributed by atoms with Crippen molar-refractivity contribution in [2.45, 2.75) is 138 Å². The first kappa shape index (κ1) is 32.2. The summed E-state index contributed by atoms with van der Waals surface area (Å²) in [4.78, 5) is 12.1. The summed E-state index contributed by atoms with van der Waals surface area (Å²) in [6, 6.07) is 0. The van der Waals surface area contributed by atoms with Gasteiger partial charge in [-0.3, -0.25) is 0 Å². The molecule has 38 heavy (non-hydrogen) atoms. The quantitative estimate of drug-likeness (QED) is 0.106. The number of carbonyl (C=O) groups excluding carboxylic acids is 1. The van der Waals surface area contributed by atoms with Crippen LogP contribution in [0.15, 0.2) is 12.7 Å². The highest BCUT2D eigenvalue weighted by Crippen LogP contribution is 2.45. The average Bonchev–Trinajstić information content (AvgIpc) is 2.84. The molecule has 0 radical (unpaired) electrons. The fourth-order valence-electron chi connectivity index (χ4n) is 5.67. The molecule has 2 rings (SSSR count). The van der Waals surface area contributed by atoms with E-state index in [1.165, 1.54) is 51.4 Å². The van der Waals surface area contributed by atoms with E-state index >= 15 is 0 Å². The molecule has 1 heterocycles. The van der Waals surface area contributed by atoms with Crippen molar-refractivity contribution in [3.8, 4) is 11.5 Å². The highest BCUT2D eigenvalue weighted by Gasteiger charge is 2.35. The van der Waals surface area contributed by atoms with Crippen LogP contribution in [0.4, 0.5) is 4.79 Å². The second-order valence-corrected chi connectivity index (χ2v) is 12.5. The highest BCUT2D eigenvalue weighted by atomic mass is 16.8. The Morgan fingerprint density at radius 3 is 2.13 bits per heavy atom. The molecule has 5 nitrogen and oxygen atoms in total. The Morgan fingerprint density at radius 2 is 1.55 bits per heavy atom. The summed E-state index contributed by atoms with van der Waals surface area (Å²) in [5.41, 5.74) is 3.63. The molecule has 0 aromatic heterocycles. The summed E-state index contributed by atoms with van der Waals surface area (Å²) in [6.45, 7) is 21.0. The van der Waals surface area contributed by atoms with E-state index in [9.17, 15) is 9.90 Å². The molecule has 1 N–H and O–H groups in total. The minimum Gasteiger partial charge on any atom is -0.487 e. The van der Waals surface area contributed by atoms with Gasteiger partial charge in [0.1, 0.15) is 17.1 Å². The van der Waals surface area contributed by atoms with E-state index in [-0.39, 0.29) is 5.60 Å². The summed E-state index contributed by atoms with van der Waals surface area (Å²) < 4.78 is 17.0. The number of carbonyl (C=O) groups is 1. The van der Waals surface area contributed by atoms with Crippen LogP contribution in [-0.4, -0.2) is 23.2 Å². The SMILES string of the molecule is C=CC(O)OC(=O)Oc1c(C)c(C)c2c(c1C)CCC(C)(CCCC(C)CCCC(C)CCCC(C)C)O2. The molecule has 1 aliphatic rings. The van der Waals surface area contributed by atoms with Crippen molar-refractivity contribution in [2.75, 3.05) is 0 Å². The molecule has 0 amide bonds. The topological polar surface area (TPSA) is 65.0 Å². The van der Waals surface area contributed by atoms with Crippen molar-refractivity contribution in [1.82, 2.24) is 0 Å². The van der Waals surface area contributed by atoms with Crippen molar-refractivity contribution in [3.05, 3.63) is 34.9 Å². The van der Waals surface area contributed by atoms with Crippen LogP contribution in [0.2, 0.25) is 0 Å². The van der Waals surface area contributed by atoms with Crippen LogP contribution >= 0.6 is 0 Å². The predicted octanol–water partition coefficient (Wildman–Crippen LogP) is 9.15. The number of ether oxygens (including phenoxy) is 3. The van der Waals surface area contributed by atoms with Gasteiger partial charge in [-0.25, -0.2) is 4.79 Å². The Kier molecular flexibility index (Phi) is 12.7. The van der Waals surface area contributed by atoms with Gasteiger partial charge in [-0.1, -0.05) is 79.2 Å². The van der Waals surface area contributed by atoms with E-state index in [0.717, 1.165) is 71.1 Å². The smallest absolute Gasteiger partial charge is 0.487 e. The maximum absolute atomic E-state index is 12.1. The van der Waals surface area contributed by atoms with Crippen molar-refractivity contribution in [1.29, 1.82) is 0 Å². The molecular weight excluding hydrogens is 476 g/mol. The largest absolute Gasteiger partial charge is 0.516 e. The van der Waals surface area contributed by atoms with Gasteiger partial charge in [-0.15, -0.1) is 0 Å². The molecule has 4 atom stereocenters. The number of fused-ring (bicyclic) bond motifs is 1. The second-order valence-electron chi connectivity index (χ2n) is 12.5. The maximum atomic E-state index is 12.1. The standard InChI is InChI=1S/C33H54O5/c1-10-29(34)36-32(35)37-30-25(6)26(7)31-28(27(30)8)19-21-33(9,38-31)20-13-18-24(5)17-12-16-23(4)15-11-14-22(2)3/h10,22-24,29,34H,1,11-21H2,2-9H3. The number of benzene rings is 1. The molecule has 0 bridgehead atoms. The van der Waals surface area contributed by atoms with Crippen molar-refractivity contribution < 1.29 is 24.1 Å². The van der Waals surface area contributed by atoms with Gasteiger partial charge in [0.15, 0.2) is 0 Å². The third kappa shape index (κ3) is 9.63. The van der Waals surface area contributed by atoms with Crippen LogP contribution in [0.1, 0.15) is 121 Å². The van der Waals surface area contributed by atoms with Crippen LogP contribution < -0.4 is 9.47 Å².